The number of thioether (sulfide) groups is 2. The van der Waals surface area contributed by atoms with Gasteiger partial charge in [-0.25, -0.2) is 4.52 Å². The Kier molecular flexibility index (Phi) is 5.82. The molecule has 0 saturated carbocycles. The van der Waals surface area contributed by atoms with E-state index >= 15 is 0 Å². The molecule has 166 valence electrons. The summed E-state index contributed by atoms with van der Waals surface area (Å²) in [5.41, 5.74) is 6.73. The fraction of sp³-hybridized carbons (Fsp3) is 0.167. The molecule has 3 aromatic heterocycles. The van der Waals surface area contributed by atoms with Gasteiger partial charge in [0.25, 0.3) is 0 Å². The highest BCUT2D eigenvalue weighted by Crippen LogP contribution is 2.27. The van der Waals surface area contributed by atoms with Crippen LogP contribution in [-0.4, -0.2) is 42.1 Å². The van der Waals surface area contributed by atoms with Crippen molar-refractivity contribution in [3.63, 3.8) is 0 Å². The van der Waals surface area contributed by atoms with Gasteiger partial charge in [0.05, 0.1) is 11.4 Å². The van der Waals surface area contributed by atoms with E-state index in [1.807, 2.05) is 57.9 Å². The van der Waals surface area contributed by atoms with Crippen LogP contribution in [0.3, 0.4) is 0 Å². The highest BCUT2D eigenvalue weighted by molar-refractivity contribution is 7.99. The van der Waals surface area contributed by atoms with Crippen molar-refractivity contribution < 1.29 is 4.79 Å². The minimum absolute atomic E-state index is 0.0855. The first-order valence-corrected chi connectivity index (χ1v) is 12.6. The normalized spacial score (nSPS) is 11.4. The van der Waals surface area contributed by atoms with E-state index in [0.29, 0.717) is 10.8 Å². The second kappa shape index (κ2) is 8.92. The van der Waals surface area contributed by atoms with Crippen LogP contribution >= 0.6 is 23.5 Å². The molecule has 33 heavy (non-hydrogen) atoms. The molecule has 0 aliphatic rings. The summed E-state index contributed by atoms with van der Waals surface area (Å²) in [7, 11) is 0. The number of hydrogen-bond donors (Lipinski definition) is 1. The van der Waals surface area contributed by atoms with Gasteiger partial charge in [-0.2, -0.15) is 5.10 Å². The van der Waals surface area contributed by atoms with Crippen LogP contribution in [0, 0.1) is 13.8 Å². The first kappa shape index (κ1) is 21.5. The number of carbonyl (C=O) groups is 1. The van der Waals surface area contributed by atoms with Crippen molar-refractivity contribution in [1.82, 2.24) is 24.2 Å². The van der Waals surface area contributed by atoms with Crippen molar-refractivity contribution in [3.05, 3.63) is 72.1 Å². The average Bonchev–Trinajstić information content (AvgIpc) is 3.43. The van der Waals surface area contributed by atoms with Gasteiger partial charge in [-0.15, -0.1) is 22.0 Å². The lowest BCUT2D eigenvalue weighted by Gasteiger charge is -2.06. The Morgan fingerprint density at radius 3 is 2.79 bits per heavy atom. The number of hydrogen-bond acceptors (Lipinski definition) is 6. The van der Waals surface area contributed by atoms with Gasteiger partial charge in [-0.1, -0.05) is 35.5 Å². The maximum absolute atomic E-state index is 12.5. The minimum Gasteiger partial charge on any atom is -0.325 e. The van der Waals surface area contributed by atoms with E-state index in [2.05, 4.69) is 47.6 Å². The number of benzene rings is 2. The third-order valence-electron chi connectivity index (χ3n) is 5.34. The topological polar surface area (TPSA) is 76.6 Å². The Morgan fingerprint density at radius 2 is 1.94 bits per heavy atom. The molecular formula is C24H22N6OS2. The highest BCUT2D eigenvalue weighted by Gasteiger charge is 2.15. The number of carbonyl (C=O) groups excluding carboxylic acids is 1. The molecule has 0 fully saturated rings. The van der Waals surface area contributed by atoms with Gasteiger partial charge >= 0.3 is 0 Å². The lowest BCUT2D eigenvalue weighted by Crippen LogP contribution is -2.14. The van der Waals surface area contributed by atoms with Crippen LogP contribution in [0.5, 0.6) is 0 Å². The van der Waals surface area contributed by atoms with Crippen molar-refractivity contribution in [2.45, 2.75) is 23.9 Å². The average molecular weight is 475 g/mol. The van der Waals surface area contributed by atoms with Crippen molar-refractivity contribution >= 4 is 46.3 Å². The lowest BCUT2D eigenvalue weighted by atomic mass is 10.0. The van der Waals surface area contributed by atoms with Gasteiger partial charge in [0, 0.05) is 28.5 Å². The zero-order valence-corrected chi connectivity index (χ0v) is 20.1. The molecule has 0 bridgehead atoms. The molecule has 0 saturated heterocycles. The van der Waals surface area contributed by atoms with Crippen LogP contribution < -0.4 is 5.32 Å². The quantitative estimate of drug-likeness (QED) is 0.345. The molecule has 7 nitrogen and oxygen atoms in total. The minimum atomic E-state index is -0.0855. The Labute approximate surface area is 199 Å². The van der Waals surface area contributed by atoms with Gasteiger partial charge in [0.2, 0.25) is 5.91 Å². The summed E-state index contributed by atoms with van der Waals surface area (Å²) >= 11 is 2.99. The van der Waals surface area contributed by atoms with E-state index in [1.54, 1.807) is 11.8 Å². The van der Waals surface area contributed by atoms with Crippen molar-refractivity contribution in [2.24, 2.45) is 0 Å². The second-order valence-corrected chi connectivity index (χ2v) is 9.54. The number of anilines is 1. The van der Waals surface area contributed by atoms with Gasteiger partial charge in [0.1, 0.15) is 5.52 Å². The molecular weight excluding hydrogens is 452 g/mol. The zero-order valence-electron chi connectivity index (χ0n) is 18.4. The fourth-order valence-corrected chi connectivity index (χ4v) is 4.84. The van der Waals surface area contributed by atoms with E-state index < -0.39 is 0 Å². The largest absolute Gasteiger partial charge is 0.325 e. The van der Waals surface area contributed by atoms with Gasteiger partial charge < -0.3 is 5.32 Å². The van der Waals surface area contributed by atoms with Crippen LogP contribution in [0.1, 0.15) is 11.1 Å². The third-order valence-corrected chi connectivity index (χ3v) is 7.01. The molecule has 0 radical (unpaired) electrons. The summed E-state index contributed by atoms with van der Waals surface area (Å²) in [5.74, 6) is 0.153. The van der Waals surface area contributed by atoms with Gasteiger partial charge in [-0.05, 0) is 56.0 Å². The van der Waals surface area contributed by atoms with Gasteiger partial charge in [0.15, 0.2) is 10.8 Å². The molecule has 3 heterocycles. The summed E-state index contributed by atoms with van der Waals surface area (Å²) in [6.07, 6.45) is 5.78. The van der Waals surface area contributed by atoms with Crippen molar-refractivity contribution in [3.8, 4) is 11.3 Å². The number of fused-ring (bicyclic) bond motifs is 3. The smallest absolute Gasteiger partial charge is 0.234 e. The highest BCUT2D eigenvalue weighted by atomic mass is 32.2. The van der Waals surface area contributed by atoms with Crippen LogP contribution in [0.15, 0.2) is 71.0 Å². The van der Waals surface area contributed by atoms with Crippen molar-refractivity contribution in [2.75, 3.05) is 17.3 Å². The molecule has 0 aliphatic heterocycles. The standard InChI is InChI=1S/C24H22N6OS2/c1-15-7-8-16(2)19(11-15)20-13-21-23-26-27-24(29(23)9-10-30(21)28-20)33-14-22(31)25-17-5-4-6-18(12-17)32-3/h4-13H,14H2,1-3H3,(H,25,31). The molecule has 9 heteroatoms. The molecule has 5 aromatic rings. The predicted octanol–water partition coefficient (Wildman–Crippen LogP) is 5.11. The van der Waals surface area contributed by atoms with Gasteiger partial charge in [-0.3, -0.25) is 9.20 Å². The third kappa shape index (κ3) is 4.34. The Balaban J connectivity index is 1.37. The molecule has 1 amide bonds. The van der Waals surface area contributed by atoms with E-state index in [0.717, 1.165) is 27.4 Å². The number of nitrogens with zero attached hydrogens (tertiary/aromatic N) is 5. The summed E-state index contributed by atoms with van der Waals surface area (Å²) in [6, 6.07) is 16.2. The molecule has 0 spiro atoms. The second-order valence-electron chi connectivity index (χ2n) is 7.72. The molecule has 1 N–H and O–H groups in total. The summed E-state index contributed by atoms with van der Waals surface area (Å²) in [5, 5.41) is 17.0. The Morgan fingerprint density at radius 1 is 1.06 bits per heavy atom. The summed E-state index contributed by atoms with van der Waals surface area (Å²) in [6.45, 7) is 4.16. The number of aryl methyl sites for hydroxylation is 2. The van der Waals surface area contributed by atoms with Crippen LogP contribution in [0.25, 0.3) is 22.4 Å². The maximum atomic E-state index is 12.5. The molecule has 5 rings (SSSR count). The number of rotatable bonds is 6. The SMILES string of the molecule is CSc1cccc(NC(=O)CSc2nnc3c4cc(-c5cc(C)ccc5C)nn4ccn23)c1. The first-order chi connectivity index (χ1) is 16.0. The Hall–Kier alpha value is -3.30. The first-order valence-electron chi connectivity index (χ1n) is 10.4. The monoisotopic (exact) mass is 474 g/mol. The predicted molar refractivity (Wildman–Crippen MR) is 134 cm³/mol. The van der Waals surface area contributed by atoms with E-state index in [9.17, 15) is 4.79 Å². The number of amides is 1. The van der Waals surface area contributed by atoms with Crippen LogP contribution in [0.4, 0.5) is 5.69 Å². The number of aromatic nitrogens is 5. The molecule has 0 atom stereocenters. The molecule has 0 aliphatic carbocycles. The Bertz CT molecular complexity index is 1490. The molecule has 0 unspecified atom stereocenters. The summed E-state index contributed by atoms with van der Waals surface area (Å²) in [4.78, 5) is 13.6. The van der Waals surface area contributed by atoms with E-state index in [4.69, 9.17) is 5.10 Å². The fourth-order valence-electron chi connectivity index (χ4n) is 3.66. The van der Waals surface area contributed by atoms with E-state index in [1.165, 1.54) is 22.9 Å². The van der Waals surface area contributed by atoms with Crippen LogP contribution in [-0.2, 0) is 4.79 Å². The summed E-state index contributed by atoms with van der Waals surface area (Å²) < 4.78 is 3.72. The lowest BCUT2D eigenvalue weighted by molar-refractivity contribution is -0.113. The van der Waals surface area contributed by atoms with Crippen molar-refractivity contribution in [1.29, 1.82) is 0 Å². The molecule has 2 aromatic carbocycles. The zero-order chi connectivity index (χ0) is 22.9. The van der Waals surface area contributed by atoms with E-state index in [-0.39, 0.29) is 11.7 Å². The number of nitrogens with one attached hydrogen (secondary N) is 1. The maximum Gasteiger partial charge on any atom is 0.234 e. The van der Waals surface area contributed by atoms with Crippen LogP contribution in [0.2, 0.25) is 0 Å².